The van der Waals surface area contributed by atoms with Gasteiger partial charge >= 0.3 is 0 Å². The Morgan fingerprint density at radius 2 is 0.516 bits per heavy atom. The summed E-state index contributed by atoms with van der Waals surface area (Å²) in [5.74, 6) is 0. The smallest absolute Gasteiger partial charge is 0.0433 e. The highest BCUT2D eigenvalue weighted by molar-refractivity contribution is 7.26. The van der Waals surface area contributed by atoms with Crippen molar-refractivity contribution in [3.63, 3.8) is 0 Å². The molecule has 0 nitrogen and oxygen atoms in total. The molecular weight excluding hydrogens is 785 g/mol. The van der Waals surface area contributed by atoms with Gasteiger partial charge in [-0.05, 0) is 135 Å². The van der Waals surface area contributed by atoms with Gasteiger partial charge in [-0.15, -0.1) is 22.7 Å². The molecule has 286 valence electrons. The quantitative estimate of drug-likeness (QED) is 0.152. The zero-order valence-electron chi connectivity index (χ0n) is 33.4. The van der Waals surface area contributed by atoms with E-state index in [0.29, 0.717) is 0 Å². The largest absolute Gasteiger partial charge is 0.135 e. The molecule has 1 aliphatic rings. The summed E-state index contributed by atoms with van der Waals surface area (Å²) in [7, 11) is 0. The Balaban J connectivity index is 1.10. The lowest BCUT2D eigenvalue weighted by molar-refractivity contribution is 1.53. The molecule has 0 aliphatic heterocycles. The Morgan fingerprint density at radius 3 is 0.968 bits per heavy atom. The fraction of sp³-hybridized carbons (Fsp3) is 0. The first-order valence-corrected chi connectivity index (χ1v) is 23.0. The molecule has 0 fully saturated rings. The van der Waals surface area contributed by atoms with Crippen LogP contribution < -0.4 is 0 Å². The van der Waals surface area contributed by atoms with E-state index < -0.39 is 0 Å². The van der Waals surface area contributed by atoms with Crippen LogP contribution in [0.25, 0.3) is 139 Å². The minimum atomic E-state index is 1.23. The van der Waals surface area contributed by atoms with Crippen LogP contribution in [0.3, 0.4) is 0 Å². The van der Waals surface area contributed by atoms with Gasteiger partial charge in [0.05, 0.1) is 0 Å². The molecule has 13 aromatic rings. The van der Waals surface area contributed by atoms with Gasteiger partial charge in [-0.1, -0.05) is 170 Å². The highest BCUT2D eigenvalue weighted by Gasteiger charge is 2.25. The van der Waals surface area contributed by atoms with Gasteiger partial charge in [0.25, 0.3) is 0 Å². The molecule has 11 aromatic carbocycles. The Bertz CT molecular complexity index is 4050. The van der Waals surface area contributed by atoms with E-state index in [-0.39, 0.29) is 0 Å². The van der Waals surface area contributed by atoms with Crippen molar-refractivity contribution in [2.45, 2.75) is 0 Å². The van der Waals surface area contributed by atoms with Gasteiger partial charge in [0.2, 0.25) is 0 Å². The van der Waals surface area contributed by atoms with Gasteiger partial charge in [0.1, 0.15) is 0 Å². The summed E-state index contributed by atoms with van der Waals surface area (Å²) in [6, 6.07) is 77.8. The third kappa shape index (κ3) is 4.88. The SMILES string of the molecule is c1ccc2c(c1)-c1cc(-c3cccc4c3sc3ccccc34)ccc1-c1cc(-c3cccc4c3sc3ccccc34)ccc1-c1cc3c4ccccc4c4ccccc4c3cc1-2. The first kappa shape index (κ1) is 34.4. The van der Waals surface area contributed by atoms with Crippen LogP contribution in [0.2, 0.25) is 0 Å². The van der Waals surface area contributed by atoms with Crippen molar-refractivity contribution in [2.75, 3.05) is 0 Å². The number of hydrogen-bond donors (Lipinski definition) is 0. The maximum atomic E-state index is 2.50. The number of thiophene rings is 2. The average molecular weight is 819 g/mol. The van der Waals surface area contributed by atoms with Crippen molar-refractivity contribution in [1.29, 1.82) is 0 Å². The second kappa shape index (κ2) is 13.1. The average Bonchev–Trinajstić information content (AvgIpc) is 3.92. The third-order valence-corrected chi connectivity index (χ3v) is 15.9. The Kier molecular flexibility index (Phi) is 7.24. The van der Waals surface area contributed by atoms with E-state index in [1.54, 1.807) is 0 Å². The van der Waals surface area contributed by atoms with E-state index in [1.807, 2.05) is 22.7 Å². The summed E-state index contributed by atoms with van der Waals surface area (Å²) in [6.45, 7) is 0. The number of rotatable bonds is 2. The second-order valence-corrected chi connectivity index (χ2v) is 18.8. The van der Waals surface area contributed by atoms with Gasteiger partial charge in [0.15, 0.2) is 0 Å². The molecule has 0 radical (unpaired) electrons. The van der Waals surface area contributed by atoms with E-state index in [1.165, 1.54) is 139 Å². The zero-order valence-corrected chi connectivity index (χ0v) is 35.1. The fourth-order valence-electron chi connectivity index (χ4n) is 10.6. The predicted octanol–water partition coefficient (Wildman–Crippen LogP) is 18.2. The normalized spacial score (nSPS) is 12.2. The van der Waals surface area contributed by atoms with Crippen molar-refractivity contribution in [3.05, 3.63) is 206 Å². The summed E-state index contributed by atoms with van der Waals surface area (Å²) >= 11 is 3.80. The standard InChI is InChI=1S/C60H34S2/c1-3-15-41-39(13-1)40-14-2-4-16-42(40)54-34-56-46-30-28-36(38-22-12-24-50-48-20-8-10-26-58(48)62-60(38)50)32-52(46)45-29-27-35(31-51(45)43-17-5-6-18-44(43)55(56)33-53(41)54)37-21-11-23-49-47-19-7-9-25-57(47)61-59(37)49/h1-34H. The Morgan fingerprint density at radius 1 is 0.194 bits per heavy atom. The highest BCUT2D eigenvalue weighted by Crippen LogP contribution is 2.53. The number of hydrogen-bond acceptors (Lipinski definition) is 2. The Hall–Kier alpha value is -7.36. The van der Waals surface area contributed by atoms with Crippen LogP contribution in [0.4, 0.5) is 0 Å². The van der Waals surface area contributed by atoms with Crippen LogP contribution in [0, 0.1) is 0 Å². The molecule has 0 bridgehead atoms. The van der Waals surface area contributed by atoms with E-state index in [2.05, 4.69) is 206 Å². The summed E-state index contributed by atoms with van der Waals surface area (Å²) in [5.41, 5.74) is 15.1. The third-order valence-electron chi connectivity index (χ3n) is 13.4. The summed E-state index contributed by atoms with van der Waals surface area (Å²) < 4.78 is 5.32. The second-order valence-electron chi connectivity index (χ2n) is 16.7. The van der Waals surface area contributed by atoms with E-state index >= 15 is 0 Å². The first-order chi connectivity index (χ1) is 30.7. The van der Waals surface area contributed by atoms with Crippen LogP contribution in [-0.2, 0) is 0 Å². The number of benzene rings is 11. The molecule has 2 heterocycles. The van der Waals surface area contributed by atoms with Gasteiger partial charge in [0, 0.05) is 40.3 Å². The molecule has 0 amide bonds. The minimum Gasteiger partial charge on any atom is -0.135 e. The van der Waals surface area contributed by atoms with Crippen LogP contribution in [-0.4, -0.2) is 0 Å². The molecule has 0 saturated heterocycles. The maximum absolute atomic E-state index is 2.50. The van der Waals surface area contributed by atoms with Crippen LogP contribution >= 0.6 is 22.7 Å². The monoisotopic (exact) mass is 818 g/mol. The highest BCUT2D eigenvalue weighted by atomic mass is 32.1. The molecular formula is C60H34S2. The molecule has 62 heavy (non-hydrogen) atoms. The lowest BCUT2D eigenvalue weighted by atomic mass is 9.78. The van der Waals surface area contributed by atoms with Gasteiger partial charge in [-0.2, -0.15) is 0 Å². The minimum absolute atomic E-state index is 1.23. The van der Waals surface area contributed by atoms with Crippen LogP contribution in [0.5, 0.6) is 0 Å². The molecule has 0 saturated carbocycles. The summed E-state index contributed by atoms with van der Waals surface area (Å²) in [6.07, 6.45) is 0. The predicted molar refractivity (Wildman–Crippen MR) is 271 cm³/mol. The summed E-state index contributed by atoms with van der Waals surface area (Å²) in [4.78, 5) is 0. The lowest BCUT2D eigenvalue weighted by Crippen LogP contribution is -1.99. The van der Waals surface area contributed by atoms with Gasteiger partial charge in [-0.25, -0.2) is 0 Å². The van der Waals surface area contributed by atoms with Crippen LogP contribution in [0.15, 0.2) is 206 Å². The fourth-order valence-corrected chi connectivity index (χ4v) is 13.1. The lowest BCUT2D eigenvalue weighted by Gasteiger charge is -2.25. The van der Waals surface area contributed by atoms with E-state index in [9.17, 15) is 0 Å². The molecule has 0 unspecified atom stereocenters. The molecule has 0 N–H and O–H groups in total. The number of fused-ring (bicyclic) bond motifs is 20. The maximum Gasteiger partial charge on any atom is 0.0433 e. The molecule has 14 rings (SSSR count). The van der Waals surface area contributed by atoms with Crippen molar-refractivity contribution in [1.82, 2.24) is 0 Å². The van der Waals surface area contributed by atoms with Crippen molar-refractivity contribution >= 4 is 95.3 Å². The van der Waals surface area contributed by atoms with Gasteiger partial charge in [-0.3, -0.25) is 0 Å². The molecule has 1 aliphatic carbocycles. The Labute approximate surface area is 366 Å². The van der Waals surface area contributed by atoms with E-state index in [4.69, 9.17) is 0 Å². The summed E-state index contributed by atoms with van der Waals surface area (Å²) in [5, 5.41) is 13.0. The topological polar surface area (TPSA) is 0 Å². The van der Waals surface area contributed by atoms with Crippen molar-refractivity contribution in [2.24, 2.45) is 0 Å². The van der Waals surface area contributed by atoms with Crippen LogP contribution in [0.1, 0.15) is 0 Å². The van der Waals surface area contributed by atoms with E-state index in [0.717, 1.165) is 0 Å². The molecule has 2 heteroatoms. The van der Waals surface area contributed by atoms with Gasteiger partial charge < -0.3 is 0 Å². The molecule has 2 aromatic heterocycles. The zero-order chi connectivity index (χ0) is 40.5. The molecule has 0 spiro atoms. The van der Waals surface area contributed by atoms with Crippen molar-refractivity contribution < 1.29 is 0 Å². The molecule has 0 atom stereocenters. The first-order valence-electron chi connectivity index (χ1n) is 21.3. The van der Waals surface area contributed by atoms with Crippen molar-refractivity contribution in [3.8, 4) is 66.8 Å².